The van der Waals surface area contributed by atoms with E-state index < -0.39 is 22.3 Å². The van der Waals surface area contributed by atoms with Crippen molar-refractivity contribution in [2.24, 2.45) is 0 Å². The van der Waals surface area contributed by atoms with Crippen molar-refractivity contribution in [3.8, 4) is 5.75 Å². The fraction of sp³-hybridized carbons (Fsp3) is 0.0769. The molecular weight excluding hydrogens is 361 g/mol. The van der Waals surface area contributed by atoms with Crippen molar-refractivity contribution in [2.45, 2.75) is 0 Å². The van der Waals surface area contributed by atoms with E-state index in [-0.39, 0.29) is 11.4 Å². The van der Waals surface area contributed by atoms with Gasteiger partial charge in [0.05, 0.1) is 23.7 Å². The number of non-ortho nitro benzene ring substituents is 1. The molecule has 114 valence electrons. The molecule has 2 rings (SSSR count). The fourth-order valence-corrected chi connectivity index (χ4v) is 2.11. The molecule has 0 spiro atoms. The quantitative estimate of drug-likeness (QED) is 0.507. The summed E-state index contributed by atoms with van der Waals surface area (Å²) in [4.78, 5) is 25.8. The number of benzene rings is 1. The molecule has 1 amide bonds. The summed E-state index contributed by atoms with van der Waals surface area (Å²) in [5, 5.41) is 12.9. The Morgan fingerprint density at radius 3 is 2.68 bits per heavy atom. The first-order valence-electron chi connectivity index (χ1n) is 5.88. The number of aromatic nitrogens is 1. The summed E-state index contributed by atoms with van der Waals surface area (Å²) >= 11 is 3.16. The number of methoxy groups -OCH3 is 1. The van der Waals surface area contributed by atoms with Gasteiger partial charge in [0.15, 0.2) is 5.75 Å². The first kappa shape index (κ1) is 15.8. The molecule has 0 saturated heterocycles. The van der Waals surface area contributed by atoms with E-state index in [1.165, 1.54) is 13.2 Å². The summed E-state index contributed by atoms with van der Waals surface area (Å²) in [5.74, 6) is -1.11. The highest BCUT2D eigenvalue weighted by molar-refractivity contribution is 9.10. The minimum Gasteiger partial charge on any atom is -0.494 e. The Kier molecular flexibility index (Phi) is 4.66. The van der Waals surface area contributed by atoms with Crippen molar-refractivity contribution in [1.82, 2.24) is 4.98 Å². The normalized spacial score (nSPS) is 10.1. The van der Waals surface area contributed by atoms with Gasteiger partial charge in [0, 0.05) is 6.07 Å². The Balaban J connectivity index is 2.22. The van der Waals surface area contributed by atoms with Crippen LogP contribution in [-0.4, -0.2) is 22.9 Å². The van der Waals surface area contributed by atoms with Crippen molar-refractivity contribution < 1.29 is 18.8 Å². The van der Waals surface area contributed by atoms with Gasteiger partial charge >= 0.3 is 0 Å². The van der Waals surface area contributed by atoms with Gasteiger partial charge in [0.25, 0.3) is 11.6 Å². The molecule has 1 aromatic heterocycles. The zero-order valence-electron chi connectivity index (χ0n) is 11.2. The van der Waals surface area contributed by atoms with Crippen molar-refractivity contribution in [3.05, 3.63) is 56.4 Å². The van der Waals surface area contributed by atoms with Gasteiger partial charge in [-0.25, -0.2) is 9.37 Å². The number of hydrogen-bond acceptors (Lipinski definition) is 5. The monoisotopic (exact) mass is 369 g/mol. The number of halogens is 2. The van der Waals surface area contributed by atoms with E-state index in [1.807, 2.05) is 0 Å². The van der Waals surface area contributed by atoms with Crippen LogP contribution in [0.2, 0.25) is 0 Å². The molecule has 7 nitrogen and oxygen atoms in total. The summed E-state index contributed by atoms with van der Waals surface area (Å²) in [6, 6.07) is 5.83. The van der Waals surface area contributed by atoms with Gasteiger partial charge in [0.2, 0.25) is 0 Å². The lowest BCUT2D eigenvalue weighted by Gasteiger charge is -2.07. The van der Waals surface area contributed by atoms with Gasteiger partial charge < -0.3 is 10.1 Å². The Hall–Kier alpha value is -2.55. The third-order valence-corrected chi connectivity index (χ3v) is 3.25. The predicted molar refractivity (Wildman–Crippen MR) is 79.5 cm³/mol. The van der Waals surface area contributed by atoms with E-state index >= 15 is 0 Å². The molecule has 0 unspecified atom stereocenters. The fourth-order valence-electron chi connectivity index (χ4n) is 1.63. The van der Waals surface area contributed by atoms with Gasteiger partial charge in [-0.15, -0.1) is 0 Å². The van der Waals surface area contributed by atoms with Crippen LogP contribution in [0.15, 0.2) is 34.9 Å². The van der Waals surface area contributed by atoms with Crippen LogP contribution in [-0.2, 0) is 0 Å². The Morgan fingerprint density at radius 1 is 1.41 bits per heavy atom. The van der Waals surface area contributed by atoms with Gasteiger partial charge in [-0.1, -0.05) is 0 Å². The number of ether oxygens (including phenoxy) is 1. The van der Waals surface area contributed by atoms with Crippen LogP contribution >= 0.6 is 15.9 Å². The molecule has 1 N–H and O–H groups in total. The van der Waals surface area contributed by atoms with Crippen molar-refractivity contribution in [1.29, 1.82) is 0 Å². The molecule has 22 heavy (non-hydrogen) atoms. The third kappa shape index (κ3) is 3.37. The van der Waals surface area contributed by atoms with Gasteiger partial charge in [-0.05, 0) is 34.1 Å². The largest absolute Gasteiger partial charge is 0.494 e. The first-order chi connectivity index (χ1) is 10.4. The topological polar surface area (TPSA) is 94.4 Å². The highest BCUT2D eigenvalue weighted by Gasteiger charge is 2.17. The second kappa shape index (κ2) is 6.48. The summed E-state index contributed by atoms with van der Waals surface area (Å²) in [7, 11) is 1.46. The second-order valence-electron chi connectivity index (χ2n) is 4.06. The molecule has 0 aliphatic carbocycles. The minimum atomic E-state index is -0.987. The smallest absolute Gasteiger partial charge is 0.272 e. The number of pyridine rings is 1. The molecule has 0 fully saturated rings. The summed E-state index contributed by atoms with van der Waals surface area (Å²) in [6.45, 7) is 0. The number of anilines is 1. The maximum Gasteiger partial charge on any atom is 0.272 e. The molecule has 2 aromatic rings. The number of carbonyl (C=O) groups excluding carboxylic acids is 1. The Labute approximate surface area is 132 Å². The second-order valence-corrected chi connectivity index (χ2v) is 4.82. The third-order valence-electron chi connectivity index (χ3n) is 2.68. The molecule has 0 saturated carbocycles. The maximum absolute atomic E-state index is 13.7. The predicted octanol–water partition coefficient (Wildman–Crippen LogP) is 3.15. The molecule has 0 bridgehead atoms. The summed E-state index contributed by atoms with van der Waals surface area (Å²) in [6.07, 6.45) is 0. The number of amides is 1. The van der Waals surface area contributed by atoms with E-state index in [2.05, 4.69) is 26.2 Å². The van der Waals surface area contributed by atoms with Crippen molar-refractivity contribution in [3.63, 3.8) is 0 Å². The molecule has 0 aliphatic heterocycles. The number of nitrogens with one attached hydrogen (secondary N) is 1. The standard InChI is InChI=1S/C13H9BrFN3O4/c1-22-10-4-5-11(16-12(10)14)17-13(19)8-3-2-7(18(20)21)6-9(8)15/h2-6H,1H3,(H,16,17,19). The number of nitrogens with zero attached hydrogens (tertiary/aromatic N) is 2. The number of nitro benzene ring substituents is 1. The van der Waals surface area contributed by atoms with Gasteiger partial charge in [-0.3, -0.25) is 14.9 Å². The van der Waals surface area contributed by atoms with E-state index in [0.29, 0.717) is 16.4 Å². The van der Waals surface area contributed by atoms with Crippen LogP contribution in [0.5, 0.6) is 5.75 Å². The maximum atomic E-state index is 13.7. The average Bonchev–Trinajstić information content (AvgIpc) is 2.47. The molecule has 1 aromatic carbocycles. The summed E-state index contributed by atoms with van der Waals surface area (Å²) < 4.78 is 19.1. The van der Waals surface area contributed by atoms with Gasteiger partial charge in [0.1, 0.15) is 16.2 Å². The lowest BCUT2D eigenvalue weighted by molar-refractivity contribution is -0.385. The number of hydrogen-bond donors (Lipinski definition) is 1. The average molecular weight is 370 g/mol. The highest BCUT2D eigenvalue weighted by atomic mass is 79.9. The molecule has 1 heterocycles. The van der Waals surface area contributed by atoms with Gasteiger partial charge in [-0.2, -0.15) is 0 Å². The first-order valence-corrected chi connectivity index (χ1v) is 6.67. The van der Waals surface area contributed by atoms with Crippen LogP contribution < -0.4 is 10.1 Å². The van der Waals surface area contributed by atoms with E-state index in [4.69, 9.17) is 4.74 Å². The Bertz CT molecular complexity index is 754. The number of carbonyl (C=O) groups is 1. The van der Waals surface area contributed by atoms with Crippen LogP contribution in [0.1, 0.15) is 10.4 Å². The summed E-state index contributed by atoms with van der Waals surface area (Å²) in [5.41, 5.74) is -0.751. The van der Waals surface area contributed by atoms with Crippen LogP contribution in [0.3, 0.4) is 0 Å². The molecule has 0 aliphatic rings. The SMILES string of the molecule is COc1ccc(NC(=O)c2ccc([N+](=O)[O-])cc2F)nc1Br. The Morgan fingerprint density at radius 2 is 2.14 bits per heavy atom. The zero-order valence-corrected chi connectivity index (χ0v) is 12.8. The van der Waals surface area contributed by atoms with Crippen molar-refractivity contribution in [2.75, 3.05) is 12.4 Å². The molecular formula is C13H9BrFN3O4. The highest BCUT2D eigenvalue weighted by Crippen LogP contribution is 2.24. The van der Waals surface area contributed by atoms with Crippen LogP contribution in [0, 0.1) is 15.9 Å². The molecule has 9 heteroatoms. The van der Waals surface area contributed by atoms with Crippen LogP contribution in [0.25, 0.3) is 0 Å². The van der Waals surface area contributed by atoms with Crippen LogP contribution in [0.4, 0.5) is 15.9 Å². The number of rotatable bonds is 4. The zero-order chi connectivity index (χ0) is 16.3. The lowest BCUT2D eigenvalue weighted by Crippen LogP contribution is -2.15. The van der Waals surface area contributed by atoms with E-state index in [1.54, 1.807) is 6.07 Å². The number of nitro groups is 1. The van der Waals surface area contributed by atoms with E-state index in [9.17, 15) is 19.3 Å². The lowest BCUT2D eigenvalue weighted by atomic mass is 10.2. The molecule has 0 radical (unpaired) electrons. The van der Waals surface area contributed by atoms with E-state index in [0.717, 1.165) is 12.1 Å². The minimum absolute atomic E-state index is 0.176. The van der Waals surface area contributed by atoms with Crippen molar-refractivity contribution >= 4 is 33.3 Å². The molecule has 0 atom stereocenters.